The molecule has 1 fully saturated rings. The average molecular weight is 403 g/mol. The van der Waals surface area contributed by atoms with Gasteiger partial charge in [-0.2, -0.15) is 0 Å². The molecular formula is C20H19FN2O2S2. The number of halogens is 1. The van der Waals surface area contributed by atoms with E-state index in [4.69, 9.17) is 12.2 Å². The van der Waals surface area contributed by atoms with Crippen LogP contribution in [0.1, 0.15) is 28.4 Å². The molecule has 2 aliphatic rings. The summed E-state index contributed by atoms with van der Waals surface area (Å²) >= 11 is 6.93. The van der Waals surface area contributed by atoms with Crippen molar-refractivity contribution in [2.75, 3.05) is 18.8 Å². The highest BCUT2D eigenvalue weighted by atomic mass is 32.2. The van der Waals surface area contributed by atoms with Crippen LogP contribution >= 0.6 is 24.0 Å². The van der Waals surface area contributed by atoms with Gasteiger partial charge in [0.05, 0.1) is 5.75 Å². The van der Waals surface area contributed by atoms with E-state index >= 15 is 0 Å². The van der Waals surface area contributed by atoms with Gasteiger partial charge in [-0.05, 0) is 42.7 Å². The molecule has 0 amide bonds. The predicted molar refractivity (Wildman–Crippen MR) is 109 cm³/mol. The molecule has 2 bridgehead atoms. The van der Waals surface area contributed by atoms with Crippen LogP contribution in [-0.2, 0) is 6.54 Å². The summed E-state index contributed by atoms with van der Waals surface area (Å²) in [6, 6.07) is 11.1. The molecule has 2 aromatic rings. The van der Waals surface area contributed by atoms with Crippen LogP contribution in [0.15, 0.2) is 47.3 Å². The smallest absolute Gasteiger partial charge is 0.250 e. The molecule has 7 heteroatoms. The first-order valence-corrected chi connectivity index (χ1v) is 10.3. The molecule has 0 aliphatic carbocycles. The molecule has 1 aromatic heterocycles. The average Bonchev–Trinajstić information content (AvgIpc) is 2.67. The summed E-state index contributed by atoms with van der Waals surface area (Å²) in [6.07, 6.45) is 1.07. The number of pyridine rings is 1. The molecule has 27 heavy (non-hydrogen) atoms. The van der Waals surface area contributed by atoms with E-state index in [1.54, 1.807) is 6.07 Å². The van der Waals surface area contributed by atoms with E-state index in [0.29, 0.717) is 15.8 Å². The topological polar surface area (TPSA) is 42.3 Å². The largest absolute Gasteiger partial charge is 0.356 e. The summed E-state index contributed by atoms with van der Waals surface area (Å²) in [7, 11) is 0. The fourth-order valence-electron chi connectivity index (χ4n) is 3.98. The zero-order chi connectivity index (χ0) is 19.0. The second-order valence-corrected chi connectivity index (χ2v) is 8.70. The SMILES string of the molecule is O=C(CSC(=S)N1C[C@H]2C[C@H](C1)c1cccc(=O)n1C2)c1ccc(F)cc1. The molecule has 0 unspecified atom stereocenters. The monoisotopic (exact) mass is 402 g/mol. The van der Waals surface area contributed by atoms with Crippen LogP contribution in [0, 0.1) is 11.7 Å². The van der Waals surface area contributed by atoms with Gasteiger partial charge in [-0.1, -0.05) is 30.0 Å². The van der Waals surface area contributed by atoms with Gasteiger partial charge in [-0.15, -0.1) is 0 Å². The number of carbonyl (C=O) groups excluding carboxylic acids is 1. The zero-order valence-corrected chi connectivity index (χ0v) is 16.3. The number of likely N-dealkylation sites (tertiary alicyclic amines) is 1. The van der Waals surface area contributed by atoms with E-state index in [1.807, 2.05) is 16.7 Å². The van der Waals surface area contributed by atoms with Gasteiger partial charge < -0.3 is 9.47 Å². The van der Waals surface area contributed by atoms with E-state index in [0.717, 1.165) is 31.7 Å². The molecule has 4 rings (SSSR count). The van der Waals surface area contributed by atoms with Gasteiger partial charge in [0.1, 0.15) is 10.1 Å². The molecule has 140 valence electrons. The number of benzene rings is 1. The van der Waals surface area contributed by atoms with Crippen molar-refractivity contribution in [2.45, 2.75) is 18.9 Å². The Balaban J connectivity index is 1.40. The number of hydrogen-bond acceptors (Lipinski definition) is 4. The van der Waals surface area contributed by atoms with Crippen molar-refractivity contribution in [2.24, 2.45) is 5.92 Å². The van der Waals surface area contributed by atoms with Crippen LogP contribution in [0.25, 0.3) is 0 Å². The Morgan fingerprint density at radius 2 is 1.93 bits per heavy atom. The first kappa shape index (κ1) is 18.4. The molecule has 0 radical (unpaired) electrons. The van der Waals surface area contributed by atoms with Gasteiger partial charge in [0, 0.05) is 42.9 Å². The van der Waals surface area contributed by atoms with E-state index in [-0.39, 0.29) is 28.8 Å². The van der Waals surface area contributed by atoms with E-state index in [9.17, 15) is 14.0 Å². The molecule has 1 saturated heterocycles. The highest BCUT2D eigenvalue weighted by Gasteiger charge is 2.35. The second-order valence-electron chi connectivity index (χ2n) is 7.09. The van der Waals surface area contributed by atoms with Crippen molar-refractivity contribution < 1.29 is 9.18 Å². The van der Waals surface area contributed by atoms with Crippen molar-refractivity contribution in [1.29, 1.82) is 0 Å². The number of thiocarbonyl (C=S) groups is 1. The number of rotatable bonds is 3. The lowest BCUT2D eigenvalue weighted by atomic mass is 9.83. The van der Waals surface area contributed by atoms with Crippen LogP contribution < -0.4 is 5.56 Å². The third-order valence-electron chi connectivity index (χ3n) is 5.23. The highest BCUT2D eigenvalue weighted by Crippen LogP contribution is 2.36. The first-order chi connectivity index (χ1) is 13.0. The maximum atomic E-state index is 13.0. The molecule has 2 aliphatic heterocycles. The van der Waals surface area contributed by atoms with Gasteiger partial charge in [0.25, 0.3) is 5.56 Å². The number of Topliss-reactive ketones (excluding diaryl/α,β-unsaturated/α-hetero) is 1. The molecule has 3 heterocycles. The lowest BCUT2D eigenvalue weighted by Gasteiger charge is -2.43. The molecule has 0 spiro atoms. The number of nitrogens with zero attached hydrogens (tertiary/aromatic N) is 2. The molecular weight excluding hydrogens is 383 g/mol. The summed E-state index contributed by atoms with van der Waals surface area (Å²) in [5, 5.41) is 0. The van der Waals surface area contributed by atoms with Gasteiger partial charge in [0.15, 0.2) is 5.78 Å². The van der Waals surface area contributed by atoms with Crippen molar-refractivity contribution in [3.8, 4) is 0 Å². The lowest BCUT2D eigenvalue weighted by molar-refractivity contribution is 0.102. The minimum absolute atomic E-state index is 0.0588. The van der Waals surface area contributed by atoms with Crippen molar-refractivity contribution in [3.63, 3.8) is 0 Å². The molecule has 0 saturated carbocycles. The first-order valence-electron chi connectivity index (χ1n) is 8.91. The van der Waals surface area contributed by atoms with Crippen LogP contribution in [0.2, 0.25) is 0 Å². The Morgan fingerprint density at radius 3 is 2.70 bits per heavy atom. The van der Waals surface area contributed by atoms with Crippen molar-refractivity contribution in [3.05, 3.63) is 69.9 Å². The number of ketones is 1. The standard InChI is InChI=1S/C20H19FN2O2S2/c21-16-6-4-14(5-7-16)18(24)12-27-20(26)22-9-13-8-15(11-22)17-2-1-3-19(25)23(17)10-13/h1-7,13,15H,8-12H2/t13-,15-/m1/s1. The fraction of sp³-hybridized carbons (Fsp3) is 0.350. The van der Waals surface area contributed by atoms with Crippen LogP contribution in [0.3, 0.4) is 0 Å². The minimum atomic E-state index is -0.353. The summed E-state index contributed by atoms with van der Waals surface area (Å²) < 4.78 is 15.6. The third kappa shape index (κ3) is 3.84. The van der Waals surface area contributed by atoms with Gasteiger partial charge in [-0.3, -0.25) is 9.59 Å². The van der Waals surface area contributed by atoms with Gasteiger partial charge >= 0.3 is 0 Å². The second kappa shape index (κ2) is 7.56. The maximum Gasteiger partial charge on any atom is 0.250 e. The normalized spacial score (nSPS) is 20.9. The number of aromatic nitrogens is 1. The maximum absolute atomic E-state index is 13.0. The van der Waals surface area contributed by atoms with Crippen LogP contribution in [0.4, 0.5) is 4.39 Å². The third-order valence-corrected chi connectivity index (χ3v) is 6.75. The number of piperidine rings is 1. The Hall–Kier alpha value is -1.99. The van der Waals surface area contributed by atoms with E-state index < -0.39 is 0 Å². The van der Waals surface area contributed by atoms with Crippen LogP contribution in [-0.4, -0.2) is 38.4 Å². The summed E-state index contributed by atoms with van der Waals surface area (Å²) in [6.45, 7) is 2.31. The van der Waals surface area contributed by atoms with Crippen molar-refractivity contribution >= 4 is 34.1 Å². The summed E-state index contributed by atoms with van der Waals surface area (Å²) in [5.74, 6) is 0.512. The Labute approximate surface area is 166 Å². The minimum Gasteiger partial charge on any atom is -0.356 e. The number of carbonyl (C=O) groups is 1. The van der Waals surface area contributed by atoms with Crippen LogP contribution in [0.5, 0.6) is 0 Å². The summed E-state index contributed by atoms with van der Waals surface area (Å²) in [5.41, 5.74) is 1.65. The van der Waals surface area contributed by atoms with Crippen molar-refractivity contribution in [1.82, 2.24) is 9.47 Å². The summed E-state index contributed by atoms with van der Waals surface area (Å²) in [4.78, 5) is 26.5. The Morgan fingerprint density at radius 1 is 1.15 bits per heavy atom. The Bertz CT molecular complexity index is 942. The quantitative estimate of drug-likeness (QED) is 0.582. The molecule has 0 N–H and O–H groups in total. The molecule has 4 nitrogen and oxygen atoms in total. The van der Waals surface area contributed by atoms with Gasteiger partial charge in [0.2, 0.25) is 0 Å². The number of hydrogen-bond donors (Lipinski definition) is 0. The fourth-order valence-corrected chi connectivity index (χ4v) is 5.06. The molecule has 2 atom stereocenters. The highest BCUT2D eigenvalue weighted by molar-refractivity contribution is 8.23. The zero-order valence-electron chi connectivity index (χ0n) is 14.6. The van der Waals surface area contributed by atoms with E-state index in [2.05, 4.69) is 4.90 Å². The number of fused-ring (bicyclic) bond motifs is 4. The lowest BCUT2D eigenvalue weighted by Crippen LogP contribution is -2.48. The predicted octanol–water partition coefficient (Wildman–Crippen LogP) is 3.31. The Kier molecular flexibility index (Phi) is 5.14. The number of thioether (sulfide) groups is 1. The van der Waals surface area contributed by atoms with E-state index in [1.165, 1.54) is 36.0 Å². The van der Waals surface area contributed by atoms with Gasteiger partial charge in [-0.25, -0.2) is 4.39 Å². The molecule has 1 aromatic carbocycles.